The van der Waals surface area contributed by atoms with Crippen molar-refractivity contribution in [1.82, 2.24) is 0 Å². The van der Waals surface area contributed by atoms with Crippen molar-refractivity contribution in [2.45, 2.75) is 56.8 Å². The summed E-state index contributed by atoms with van der Waals surface area (Å²) < 4.78 is 25.1. The van der Waals surface area contributed by atoms with E-state index < -0.39 is 5.41 Å². The second kappa shape index (κ2) is 19.7. The van der Waals surface area contributed by atoms with Gasteiger partial charge in [0.2, 0.25) is 0 Å². The van der Waals surface area contributed by atoms with Crippen molar-refractivity contribution < 1.29 is 18.9 Å². The van der Waals surface area contributed by atoms with E-state index in [1.807, 2.05) is 60.7 Å². The summed E-state index contributed by atoms with van der Waals surface area (Å²) in [4.78, 5) is 0. The first kappa shape index (κ1) is 48.4. The number of rotatable bonds is 16. The fourth-order valence-corrected chi connectivity index (χ4v) is 12.8. The molecule has 0 bridgehead atoms. The lowest BCUT2D eigenvalue weighted by atomic mass is 9.72. The fourth-order valence-electron chi connectivity index (χ4n) is 12.8. The second-order valence-corrected chi connectivity index (χ2v) is 22.1. The highest BCUT2D eigenvalue weighted by atomic mass is 16.7. The molecule has 0 N–H and O–H groups in total. The van der Waals surface area contributed by atoms with Gasteiger partial charge in [-0.15, -0.1) is 0 Å². The Morgan fingerprint density at radius 3 is 0.844 bits per heavy atom. The van der Waals surface area contributed by atoms with E-state index in [9.17, 15) is 0 Å². The topological polar surface area (TPSA) is 36.9 Å². The molecule has 0 amide bonds. The molecule has 0 spiro atoms. The van der Waals surface area contributed by atoms with E-state index in [1.165, 1.54) is 111 Å². The van der Waals surface area contributed by atoms with Gasteiger partial charge in [0.05, 0.1) is 13.2 Å². The number of fused-ring (bicyclic) bond motifs is 9. The van der Waals surface area contributed by atoms with Crippen LogP contribution < -0.4 is 9.47 Å². The lowest BCUT2D eigenvalue weighted by Crippen LogP contribution is -2.30. The first-order valence-corrected chi connectivity index (χ1v) is 27.2. The lowest BCUT2D eigenvalue weighted by Gasteiger charge is -2.33. The van der Waals surface area contributed by atoms with Crippen molar-refractivity contribution in [2.75, 3.05) is 26.8 Å². The number of para-hydroxylation sites is 2. The molecule has 0 heterocycles. The highest BCUT2D eigenvalue weighted by Crippen LogP contribution is 2.57. The Labute approximate surface area is 453 Å². The summed E-state index contributed by atoms with van der Waals surface area (Å²) in [5.41, 5.74) is 24.7. The van der Waals surface area contributed by atoms with Crippen LogP contribution in [0.5, 0.6) is 11.5 Å². The van der Waals surface area contributed by atoms with Gasteiger partial charge in [0, 0.05) is 16.2 Å². The van der Waals surface area contributed by atoms with Crippen molar-refractivity contribution in [2.24, 2.45) is 0 Å². The Kier molecular flexibility index (Phi) is 12.4. The van der Waals surface area contributed by atoms with E-state index in [0.717, 1.165) is 11.5 Å². The van der Waals surface area contributed by atoms with Crippen molar-refractivity contribution >= 4 is 0 Å². The summed E-state index contributed by atoms with van der Waals surface area (Å²) in [5, 5.41) is 0. The number of ether oxygens (including phenoxy) is 4. The molecule has 0 aliphatic heterocycles. The van der Waals surface area contributed by atoms with Crippen LogP contribution in [0.3, 0.4) is 0 Å². The maximum atomic E-state index is 6.46. The smallest absolute Gasteiger partial charge is 0.189 e. The molecule has 3 aliphatic carbocycles. The number of benzene rings is 10. The van der Waals surface area contributed by atoms with Gasteiger partial charge < -0.3 is 18.9 Å². The van der Waals surface area contributed by atoms with Crippen LogP contribution in [0.15, 0.2) is 231 Å². The molecular formula is C73H62O4. The Bertz CT molecular complexity index is 3550. The molecule has 0 saturated heterocycles. The first-order chi connectivity index (χ1) is 37.7. The predicted molar refractivity (Wildman–Crippen MR) is 315 cm³/mol. The van der Waals surface area contributed by atoms with Crippen LogP contribution in [0.25, 0.3) is 77.9 Å². The van der Waals surface area contributed by atoms with Crippen LogP contribution in [-0.2, 0) is 25.7 Å². The van der Waals surface area contributed by atoms with Gasteiger partial charge in [0.1, 0.15) is 11.5 Å². The quantitative estimate of drug-likeness (QED) is 0.0714. The average molecular weight is 1000 g/mol. The van der Waals surface area contributed by atoms with Gasteiger partial charge >= 0.3 is 0 Å². The molecule has 10 aromatic rings. The van der Waals surface area contributed by atoms with E-state index in [1.54, 1.807) is 0 Å². The van der Waals surface area contributed by atoms with Gasteiger partial charge in [-0.25, -0.2) is 0 Å². The number of hydrogen-bond donors (Lipinski definition) is 0. The maximum Gasteiger partial charge on any atom is 0.189 e. The van der Waals surface area contributed by atoms with Crippen molar-refractivity contribution in [3.63, 3.8) is 0 Å². The third kappa shape index (κ3) is 8.67. The molecule has 0 radical (unpaired) electrons. The zero-order valence-corrected chi connectivity index (χ0v) is 44.3. The van der Waals surface area contributed by atoms with Crippen LogP contribution in [0, 0.1) is 0 Å². The normalized spacial score (nSPS) is 14.4. The largest absolute Gasteiger partial charge is 0.468 e. The highest BCUT2D eigenvalue weighted by molar-refractivity contribution is 5.90. The highest BCUT2D eigenvalue weighted by Gasteiger charge is 2.44. The summed E-state index contributed by atoms with van der Waals surface area (Å²) in [5.74, 6) is 1.57. The molecule has 0 atom stereocenters. The minimum Gasteiger partial charge on any atom is -0.468 e. The third-order valence-electron chi connectivity index (χ3n) is 17.0. The van der Waals surface area contributed by atoms with Crippen molar-refractivity contribution in [3.05, 3.63) is 264 Å². The molecule has 4 nitrogen and oxygen atoms in total. The SMILES string of the molecule is CC1(C)c2cc(-c3ccccc3)ccc2-c2ccc(-c3ccc4c(c3)C(CCOCOc3ccccc3)(CCOCOc3ccccc3)c3cc(-c5ccc6c(c5)C(C)(C)c5cc(-c7ccccc7)ccc5-6)ccc3-4)cc21. The maximum absolute atomic E-state index is 6.46. The van der Waals surface area contributed by atoms with Gasteiger partial charge in [-0.3, -0.25) is 0 Å². The summed E-state index contributed by atoms with van der Waals surface area (Å²) in [6.07, 6.45) is 1.43. The Morgan fingerprint density at radius 2 is 0.532 bits per heavy atom. The van der Waals surface area contributed by atoms with Crippen LogP contribution >= 0.6 is 0 Å². The van der Waals surface area contributed by atoms with Gasteiger partial charge in [-0.1, -0.05) is 198 Å². The predicted octanol–water partition coefficient (Wildman–Crippen LogP) is 18.1. The first-order valence-electron chi connectivity index (χ1n) is 27.2. The Hall–Kier alpha value is -8.28. The Balaban J connectivity index is 0.883. The molecule has 3 aliphatic rings. The summed E-state index contributed by atoms with van der Waals surface area (Å²) in [6, 6.07) is 83.8. The average Bonchev–Trinajstić information content (AvgIpc) is 4.22. The summed E-state index contributed by atoms with van der Waals surface area (Å²) in [6.45, 7) is 10.8. The van der Waals surface area contributed by atoms with Crippen molar-refractivity contribution in [3.8, 4) is 89.4 Å². The molecule has 378 valence electrons. The third-order valence-corrected chi connectivity index (χ3v) is 17.0. The van der Waals surface area contributed by atoms with Gasteiger partial charge in [0.15, 0.2) is 13.6 Å². The second-order valence-electron chi connectivity index (χ2n) is 22.1. The van der Waals surface area contributed by atoms with Crippen molar-refractivity contribution in [1.29, 1.82) is 0 Å². The molecular weight excluding hydrogens is 941 g/mol. The standard InChI is InChI=1S/C73H62O4/c1-71(2)65-41-51(49-17-9-5-10-18-49)25-31-59(65)61-33-27-53(43-67(61)71)55-29-35-63-64-36-30-56(54-28-34-62-60-32-26-52(50-19-11-6-12-20-50)42-66(60)72(3,4)68(62)44-54)46-70(64)73(69(63)45-55,37-39-74-47-76-57-21-13-7-14-22-57)38-40-75-48-77-58-23-15-8-16-24-58/h5-36,41-46H,37-40,47-48H2,1-4H3. The van der Waals surface area contributed by atoms with Crippen LogP contribution in [0.1, 0.15) is 73.9 Å². The van der Waals surface area contributed by atoms with Crippen LogP contribution in [-0.4, -0.2) is 26.8 Å². The monoisotopic (exact) mass is 1000 g/mol. The minimum atomic E-state index is -0.476. The van der Waals surface area contributed by atoms with E-state index in [-0.39, 0.29) is 24.4 Å². The zero-order valence-electron chi connectivity index (χ0n) is 44.3. The summed E-state index contributed by atoms with van der Waals surface area (Å²) in [7, 11) is 0. The van der Waals surface area contributed by atoms with Gasteiger partial charge in [-0.2, -0.15) is 0 Å². The van der Waals surface area contributed by atoms with Gasteiger partial charge in [0.25, 0.3) is 0 Å². The number of hydrogen-bond acceptors (Lipinski definition) is 4. The molecule has 0 unspecified atom stereocenters. The molecule has 13 rings (SSSR count). The zero-order chi connectivity index (χ0) is 52.1. The minimum absolute atomic E-state index is 0.154. The lowest BCUT2D eigenvalue weighted by molar-refractivity contribution is -0.00355. The van der Waals surface area contributed by atoms with E-state index in [2.05, 4.69) is 198 Å². The molecule has 0 aromatic heterocycles. The Morgan fingerprint density at radius 1 is 0.273 bits per heavy atom. The molecule has 0 saturated carbocycles. The molecule has 4 heteroatoms. The fraction of sp³-hybridized carbons (Fsp3) is 0.178. The van der Waals surface area contributed by atoms with Crippen LogP contribution in [0.2, 0.25) is 0 Å². The molecule has 77 heavy (non-hydrogen) atoms. The molecule has 10 aromatic carbocycles. The van der Waals surface area contributed by atoms with Gasteiger partial charge in [-0.05, 0) is 185 Å². The van der Waals surface area contributed by atoms with E-state index in [4.69, 9.17) is 18.9 Å². The molecule has 0 fully saturated rings. The van der Waals surface area contributed by atoms with E-state index in [0.29, 0.717) is 26.1 Å². The van der Waals surface area contributed by atoms with Crippen LogP contribution in [0.4, 0.5) is 0 Å². The summed E-state index contributed by atoms with van der Waals surface area (Å²) >= 11 is 0. The van der Waals surface area contributed by atoms with E-state index >= 15 is 0 Å².